The van der Waals surface area contributed by atoms with Crippen molar-refractivity contribution in [2.24, 2.45) is 0 Å². The molecule has 0 amide bonds. The van der Waals surface area contributed by atoms with Crippen molar-refractivity contribution in [3.8, 4) is 0 Å². The van der Waals surface area contributed by atoms with Crippen molar-refractivity contribution in [1.29, 1.82) is 0 Å². The summed E-state index contributed by atoms with van der Waals surface area (Å²) in [5.74, 6) is 0.908. The summed E-state index contributed by atoms with van der Waals surface area (Å²) in [6.07, 6.45) is 1.40. The Morgan fingerprint density at radius 1 is 1.06 bits per heavy atom. The van der Waals surface area contributed by atoms with E-state index in [0.29, 0.717) is 0 Å². The summed E-state index contributed by atoms with van der Waals surface area (Å²) >= 11 is 0. The molecule has 0 spiro atoms. The fraction of sp³-hybridized carbons (Fsp3) is 0.0714. The standard InChI is InChI=1S/C14H8O2/c15-12-7-10-5-8-3-1-2-4-9(8)6-11(10)13-14(12)16-13/h1-7,14H. The summed E-state index contributed by atoms with van der Waals surface area (Å²) in [5, 5.41) is 4.39. The van der Waals surface area contributed by atoms with Crippen molar-refractivity contribution in [3.05, 3.63) is 46.8 Å². The first kappa shape index (κ1) is 8.11. The highest BCUT2D eigenvalue weighted by Gasteiger charge is 2.41. The highest BCUT2D eigenvalue weighted by atomic mass is 16.6. The average molecular weight is 208 g/mol. The predicted molar refractivity (Wildman–Crippen MR) is 61.0 cm³/mol. The number of ketones is 1. The third-order valence-corrected chi connectivity index (χ3v) is 3.17. The van der Waals surface area contributed by atoms with Crippen molar-refractivity contribution in [3.63, 3.8) is 0 Å². The number of carbonyl (C=O) groups excluding carboxylic acids is 1. The van der Waals surface area contributed by atoms with Gasteiger partial charge in [-0.3, -0.25) is 4.79 Å². The third-order valence-electron chi connectivity index (χ3n) is 3.17. The fourth-order valence-corrected chi connectivity index (χ4v) is 2.30. The molecule has 1 saturated heterocycles. The number of Topliss-reactive ketones (excluding diaryl/α,β-unsaturated/α-hetero) is 1. The molecule has 1 aliphatic carbocycles. The van der Waals surface area contributed by atoms with Crippen LogP contribution in [0.25, 0.3) is 22.6 Å². The van der Waals surface area contributed by atoms with Crippen LogP contribution in [-0.2, 0) is 9.53 Å². The number of ether oxygens (including phenoxy) is 1. The number of rotatable bonds is 0. The molecular weight excluding hydrogens is 200 g/mol. The fourth-order valence-electron chi connectivity index (χ4n) is 2.30. The minimum absolute atomic E-state index is 0.0674. The lowest BCUT2D eigenvalue weighted by molar-refractivity contribution is -0.114. The number of carbonyl (C=O) groups is 1. The van der Waals surface area contributed by atoms with Crippen molar-refractivity contribution in [1.82, 2.24) is 0 Å². The molecule has 1 fully saturated rings. The minimum atomic E-state index is -0.284. The molecule has 0 N–H and O–H groups in total. The Kier molecular flexibility index (Phi) is 1.28. The molecule has 1 atom stereocenters. The van der Waals surface area contributed by atoms with Crippen molar-refractivity contribution in [2.75, 3.05) is 0 Å². The summed E-state index contributed by atoms with van der Waals surface area (Å²) in [5.41, 5.74) is 0. The molecule has 1 unspecified atom stereocenters. The Labute approximate surface area is 91.5 Å². The zero-order valence-corrected chi connectivity index (χ0v) is 8.44. The van der Waals surface area contributed by atoms with E-state index in [0.717, 1.165) is 21.6 Å². The van der Waals surface area contributed by atoms with Gasteiger partial charge in [-0.15, -0.1) is 0 Å². The zero-order chi connectivity index (χ0) is 10.7. The third kappa shape index (κ3) is 0.936. The SMILES string of the molecule is O=C1C=c2cc3ccccc3cc2=C2OC12. The molecule has 76 valence electrons. The lowest BCUT2D eigenvalue weighted by Gasteiger charge is -1.99. The first-order chi connectivity index (χ1) is 7.83. The highest BCUT2D eigenvalue weighted by Crippen LogP contribution is 2.29. The Morgan fingerprint density at radius 2 is 1.81 bits per heavy atom. The van der Waals surface area contributed by atoms with Gasteiger partial charge in [0.25, 0.3) is 0 Å². The molecule has 0 radical (unpaired) electrons. The van der Waals surface area contributed by atoms with Crippen molar-refractivity contribution < 1.29 is 9.53 Å². The maximum atomic E-state index is 11.5. The summed E-state index contributed by atoms with van der Waals surface area (Å²) in [7, 11) is 0. The van der Waals surface area contributed by atoms with Gasteiger partial charge in [0.2, 0.25) is 11.9 Å². The minimum Gasteiger partial charge on any atom is -0.473 e. The average Bonchev–Trinajstić information content (AvgIpc) is 3.08. The van der Waals surface area contributed by atoms with Gasteiger partial charge in [0.05, 0.1) is 0 Å². The van der Waals surface area contributed by atoms with E-state index in [-0.39, 0.29) is 11.9 Å². The van der Waals surface area contributed by atoms with Gasteiger partial charge in [0.15, 0.2) is 5.76 Å². The van der Waals surface area contributed by atoms with Gasteiger partial charge in [-0.25, -0.2) is 0 Å². The van der Waals surface area contributed by atoms with Crippen LogP contribution >= 0.6 is 0 Å². The van der Waals surface area contributed by atoms with Gasteiger partial charge in [-0.2, -0.15) is 0 Å². The summed E-state index contributed by atoms with van der Waals surface area (Å²) < 4.78 is 5.30. The van der Waals surface area contributed by atoms with E-state index in [1.807, 2.05) is 18.2 Å². The lowest BCUT2D eigenvalue weighted by atomic mass is 10.0. The molecule has 4 rings (SSSR count). The van der Waals surface area contributed by atoms with Crippen molar-refractivity contribution >= 4 is 28.4 Å². The second-order valence-corrected chi connectivity index (χ2v) is 4.20. The van der Waals surface area contributed by atoms with E-state index in [4.69, 9.17) is 4.74 Å². The molecule has 2 aromatic carbocycles. The molecule has 0 bridgehead atoms. The molecule has 0 aromatic heterocycles. The van der Waals surface area contributed by atoms with E-state index < -0.39 is 0 Å². The van der Waals surface area contributed by atoms with Gasteiger partial charge in [0.1, 0.15) is 0 Å². The van der Waals surface area contributed by atoms with Crippen LogP contribution in [0.4, 0.5) is 0 Å². The normalized spacial score (nSPS) is 20.9. The first-order valence-electron chi connectivity index (χ1n) is 5.28. The van der Waals surface area contributed by atoms with Gasteiger partial charge in [-0.05, 0) is 34.2 Å². The number of hydrogen-bond acceptors (Lipinski definition) is 2. The van der Waals surface area contributed by atoms with E-state index >= 15 is 0 Å². The highest BCUT2D eigenvalue weighted by molar-refractivity contribution is 6.17. The topological polar surface area (TPSA) is 29.6 Å². The van der Waals surface area contributed by atoms with Crippen molar-refractivity contribution in [2.45, 2.75) is 6.10 Å². The van der Waals surface area contributed by atoms with Gasteiger partial charge in [0, 0.05) is 5.22 Å². The van der Waals surface area contributed by atoms with Crippen LogP contribution in [-0.4, -0.2) is 11.9 Å². The van der Waals surface area contributed by atoms with Gasteiger partial charge < -0.3 is 4.74 Å². The Bertz CT molecular complexity index is 756. The van der Waals surface area contributed by atoms with Gasteiger partial charge in [-0.1, -0.05) is 24.3 Å². The first-order valence-corrected chi connectivity index (χ1v) is 5.28. The molecule has 0 saturated carbocycles. The van der Waals surface area contributed by atoms with Crippen LogP contribution in [0.15, 0.2) is 36.4 Å². The lowest BCUT2D eigenvalue weighted by Crippen LogP contribution is -2.30. The van der Waals surface area contributed by atoms with Crippen LogP contribution in [0, 0.1) is 0 Å². The molecule has 2 nitrogen and oxygen atoms in total. The predicted octanol–water partition coefficient (Wildman–Crippen LogP) is 0.710. The molecule has 2 aliphatic rings. The molecule has 16 heavy (non-hydrogen) atoms. The second-order valence-electron chi connectivity index (χ2n) is 4.20. The molecule has 2 aromatic rings. The summed E-state index contributed by atoms with van der Waals surface area (Å²) in [6, 6.07) is 12.3. The van der Waals surface area contributed by atoms with Gasteiger partial charge >= 0.3 is 0 Å². The van der Waals surface area contributed by atoms with Crippen LogP contribution in [0.5, 0.6) is 0 Å². The van der Waals surface area contributed by atoms with E-state index in [2.05, 4.69) is 18.2 Å². The molecular formula is C14H8O2. The number of hydrogen-bond donors (Lipinski definition) is 0. The van der Waals surface area contributed by atoms with Crippen LogP contribution in [0.1, 0.15) is 0 Å². The number of epoxide rings is 1. The Hall–Kier alpha value is -2.09. The Balaban J connectivity index is 2.25. The molecule has 2 heteroatoms. The van der Waals surface area contributed by atoms with Crippen LogP contribution in [0.2, 0.25) is 0 Å². The summed E-state index contributed by atoms with van der Waals surface area (Å²) in [6.45, 7) is 0. The quantitative estimate of drug-likeness (QED) is 0.597. The largest absolute Gasteiger partial charge is 0.473 e. The Morgan fingerprint density at radius 3 is 2.62 bits per heavy atom. The second kappa shape index (κ2) is 2.53. The van der Waals surface area contributed by atoms with E-state index in [1.54, 1.807) is 6.08 Å². The number of fused-ring (bicyclic) bond motifs is 3. The zero-order valence-electron chi connectivity index (χ0n) is 8.44. The van der Waals surface area contributed by atoms with Crippen LogP contribution < -0.4 is 10.4 Å². The van der Waals surface area contributed by atoms with E-state index in [1.165, 1.54) is 5.39 Å². The van der Waals surface area contributed by atoms with Crippen LogP contribution in [0.3, 0.4) is 0 Å². The number of benzene rings is 2. The smallest absolute Gasteiger partial charge is 0.217 e. The van der Waals surface area contributed by atoms with E-state index in [9.17, 15) is 4.79 Å². The monoisotopic (exact) mass is 208 g/mol. The summed E-state index contributed by atoms with van der Waals surface area (Å²) in [4.78, 5) is 11.5. The maximum absolute atomic E-state index is 11.5. The maximum Gasteiger partial charge on any atom is 0.217 e. The molecule has 1 aliphatic heterocycles. The molecule has 1 heterocycles.